The average molecular weight is 282 g/mol. The third kappa shape index (κ3) is 2.30. The van der Waals surface area contributed by atoms with Crippen LogP contribution in [-0.2, 0) is 6.42 Å². The molecular formula is C16H14N2OS. The summed E-state index contributed by atoms with van der Waals surface area (Å²) in [6.45, 7) is 2.09. The van der Waals surface area contributed by atoms with Gasteiger partial charge in [-0.15, -0.1) is 11.3 Å². The number of thiophene rings is 1. The second-order valence-corrected chi connectivity index (χ2v) is 5.58. The highest BCUT2D eigenvalue weighted by atomic mass is 32.1. The lowest BCUT2D eigenvalue weighted by Gasteiger charge is -2.05. The number of ketones is 1. The number of carbonyl (C=O) groups excluding carboxylic acids is 1. The molecule has 3 rings (SSSR count). The van der Waals surface area contributed by atoms with Crippen molar-refractivity contribution >= 4 is 17.1 Å². The van der Waals surface area contributed by atoms with E-state index in [4.69, 9.17) is 0 Å². The molecular weight excluding hydrogens is 268 g/mol. The molecule has 0 amide bonds. The second-order valence-electron chi connectivity index (χ2n) is 4.41. The summed E-state index contributed by atoms with van der Waals surface area (Å²) in [5, 5.41) is 4.26. The second kappa shape index (κ2) is 5.43. The minimum atomic E-state index is 0.0241. The van der Waals surface area contributed by atoms with Gasteiger partial charge in [0.15, 0.2) is 0 Å². The largest absolute Gasteiger partial charge is 0.286 e. The fourth-order valence-corrected chi connectivity index (χ4v) is 2.96. The molecule has 0 saturated carbocycles. The van der Waals surface area contributed by atoms with Crippen molar-refractivity contribution in [3.63, 3.8) is 0 Å². The number of rotatable bonds is 4. The fourth-order valence-electron chi connectivity index (χ4n) is 2.07. The van der Waals surface area contributed by atoms with E-state index in [-0.39, 0.29) is 5.78 Å². The maximum absolute atomic E-state index is 12.6. The van der Waals surface area contributed by atoms with E-state index >= 15 is 0 Å². The summed E-state index contributed by atoms with van der Waals surface area (Å²) in [4.78, 5) is 14.6. The van der Waals surface area contributed by atoms with Gasteiger partial charge in [0, 0.05) is 4.88 Å². The van der Waals surface area contributed by atoms with Gasteiger partial charge in [0.25, 0.3) is 0 Å². The Bertz CT molecular complexity index is 728. The Kier molecular flexibility index (Phi) is 3.48. The number of nitrogens with zero attached hydrogens (tertiary/aromatic N) is 2. The van der Waals surface area contributed by atoms with E-state index in [1.165, 1.54) is 4.88 Å². The molecule has 1 aromatic carbocycles. The molecule has 2 aromatic heterocycles. The first-order valence-corrected chi connectivity index (χ1v) is 7.34. The Morgan fingerprint density at radius 3 is 2.65 bits per heavy atom. The number of hydrogen-bond acceptors (Lipinski definition) is 3. The summed E-state index contributed by atoms with van der Waals surface area (Å²) in [7, 11) is 0. The van der Waals surface area contributed by atoms with E-state index in [1.807, 2.05) is 42.5 Å². The van der Waals surface area contributed by atoms with Gasteiger partial charge < -0.3 is 0 Å². The molecule has 0 aliphatic rings. The van der Waals surface area contributed by atoms with Crippen LogP contribution in [0.25, 0.3) is 5.69 Å². The predicted molar refractivity (Wildman–Crippen MR) is 80.7 cm³/mol. The van der Waals surface area contributed by atoms with Gasteiger partial charge in [-0.05, 0) is 36.8 Å². The number of aryl methyl sites for hydroxylation is 1. The number of aromatic nitrogens is 2. The summed E-state index contributed by atoms with van der Waals surface area (Å²) in [5.74, 6) is 0.0241. The zero-order chi connectivity index (χ0) is 13.9. The molecule has 4 heteroatoms. The number of para-hydroxylation sites is 1. The minimum absolute atomic E-state index is 0.0241. The first kappa shape index (κ1) is 12.8. The SMILES string of the molecule is CCc1ccc(C(=O)c2ccnn2-c2ccccc2)s1. The predicted octanol–water partition coefficient (Wildman–Crippen LogP) is 3.73. The van der Waals surface area contributed by atoms with Gasteiger partial charge >= 0.3 is 0 Å². The van der Waals surface area contributed by atoms with E-state index in [9.17, 15) is 4.79 Å². The highest BCUT2D eigenvalue weighted by Gasteiger charge is 2.17. The van der Waals surface area contributed by atoms with E-state index in [0.717, 1.165) is 17.0 Å². The Labute approximate surface area is 121 Å². The molecule has 0 fully saturated rings. The van der Waals surface area contributed by atoms with Gasteiger partial charge in [0.05, 0.1) is 16.8 Å². The summed E-state index contributed by atoms with van der Waals surface area (Å²) in [5.41, 5.74) is 1.49. The van der Waals surface area contributed by atoms with Gasteiger partial charge in [0.2, 0.25) is 5.78 Å². The molecule has 0 saturated heterocycles. The van der Waals surface area contributed by atoms with Crippen molar-refractivity contribution < 1.29 is 4.79 Å². The van der Waals surface area contributed by atoms with E-state index in [1.54, 1.807) is 28.3 Å². The van der Waals surface area contributed by atoms with Crippen LogP contribution in [0.5, 0.6) is 0 Å². The summed E-state index contributed by atoms with van der Waals surface area (Å²) in [6.07, 6.45) is 2.62. The van der Waals surface area contributed by atoms with Crippen molar-refractivity contribution in [2.24, 2.45) is 0 Å². The van der Waals surface area contributed by atoms with Crippen molar-refractivity contribution in [3.05, 3.63) is 70.2 Å². The van der Waals surface area contributed by atoms with Crippen LogP contribution in [-0.4, -0.2) is 15.6 Å². The summed E-state index contributed by atoms with van der Waals surface area (Å²) in [6, 6.07) is 15.4. The average Bonchev–Trinajstić information content (AvgIpc) is 3.16. The normalized spacial score (nSPS) is 10.7. The van der Waals surface area contributed by atoms with Crippen LogP contribution < -0.4 is 0 Å². The molecule has 2 heterocycles. The van der Waals surface area contributed by atoms with Crippen LogP contribution in [0.1, 0.15) is 27.2 Å². The molecule has 0 bridgehead atoms. The molecule has 0 spiro atoms. The number of hydrogen-bond donors (Lipinski definition) is 0. The molecule has 3 nitrogen and oxygen atoms in total. The van der Waals surface area contributed by atoms with Gasteiger partial charge in [-0.1, -0.05) is 25.1 Å². The van der Waals surface area contributed by atoms with Crippen molar-refractivity contribution in [3.8, 4) is 5.69 Å². The number of benzene rings is 1. The Hall–Kier alpha value is -2.20. The molecule has 0 N–H and O–H groups in total. The maximum Gasteiger partial charge on any atom is 0.221 e. The molecule has 0 aliphatic heterocycles. The van der Waals surface area contributed by atoms with E-state index < -0.39 is 0 Å². The van der Waals surface area contributed by atoms with Gasteiger partial charge in [-0.3, -0.25) is 4.79 Å². The molecule has 20 heavy (non-hydrogen) atoms. The van der Waals surface area contributed by atoms with Gasteiger partial charge in [0.1, 0.15) is 5.69 Å². The van der Waals surface area contributed by atoms with Crippen molar-refractivity contribution in [1.82, 2.24) is 9.78 Å². The first-order chi connectivity index (χ1) is 9.79. The monoisotopic (exact) mass is 282 g/mol. The molecule has 0 atom stereocenters. The van der Waals surface area contributed by atoms with Crippen LogP contribution >= 0.6 is 11.3 Å². The lowest BCUT2D eigenvalue weighted by molar-refractivity contribution is 0.103. The lowest BCUT2D eigenvalue weighted by atomic mass is 10.2. The van der Waals surface area contributed by atoms with Crippen LogP contribution in [0.2, 0.25) is 0 Å². The molecule has 3 aromatic rings. The Morgan fingerprint density at radius 2 is 1.95 bits per heavy atom. The molecule has 100 valence electrons. The van der Waals surface area contributed by atoms with E-state index in [0.29, 0.717) is 5.69 Å². The van der Waals surface area contributed by atoms with Gasteiger partial charge in [-0.25, -0.2) is 4.68 Å². The van der Waals surface area contributed by atoms with Crippen molar-refractivity contribution in [2.75, 3.05) is 0 Å². The third-order valence-corrected chi connectivity index (χ3v) is 4.34. The summed E-state index contributed by atoms with van der Waals surface area (Å²) < 4.78 is 1.69. The quantitative estimate of drug-likeness (QED) is 0.683. The fraction of sp³-hybridized carbons (Fsp3) is 0.125. The minimum Gasteiger partial charge on any atom is -0.286 e. The Morgan fingerprint density at radius 1 is 1.15 bits per heavy atom. The molecule has 0 aliphatic carbocycles. The van der Waals surface area contributed by atoms with Crippen LogP contribution in [0, 0.1) is 0 Å². The van der Waals surface area contributed by atoms with E-state index in [2.05, 4.69) is 12.0 Å². The van der Waals surface area contributed by atoms with Gasteiger partial charge in [-0.2, -0.15) is 5.10 Å². The van der Waals surface area contributed by atoms with Crippen LogP contribution in [0.4, 0.5) is 0 Å². The van der Waals surface area contributed by atoms with Crippen LogP contribution in [0.15, 0.2) is 54.7 Å². The highest BCUT2D eigenvalue weighted by molar-refractivity contribution is 7.14. The zero-order valence-electron chi connectivity index (χ0n) is 11.1. The molecule has 0 unspecified atom stereocenters. The topological polar surface area (TPSA) is 34.9 Å². The third-order valence-electron chi connectivity index (χ3n) is 3.11. The molecule has 0 radical (unpaired) electrons. The first-order valence-electron chi connectivity index (χ1n) is 6.52. The lowest BCUT2D eigenvalue weighted by Crippen LogP contribution is -2.08. The van der Waals surface area contributed by atoms with Crippen LogP contribution in [0.3, 0.4) is 0 Å². The maximum atomic E-state index is 12.6. The standard InChI is InChI=1S/C16H14N2OS/c1-2-13-8-9-15(20-13)16(19)14-10-11-17-18(14)12-6-4-3-5-7-12/h3-11H,2H2,1H3. The number of carbonyl (C=O) groups is 1. The Balaban J connectivity index is 1.99. The highest BCUT2D eigenvalue weighted by Crippen LogP contribution is 2.21. The summed E-state index contributed by atoms with van der Waals surface area (Å²) >= 11 is 1.55. The smallest absolute Gasteiger partial charge is 0.221 e. The van der Waals surface area contributed by atoms with Crippen molar-refractivity contribution in [2.45, 2.75) is 13.3 Å². The van der Waals surface area contributed by atoms with Crippen molar-refractivity contribution in [1.29, 1.82) is 0 Å². The zero-order valence-corrected chi connectivity index (χ0v) is 11.9.